The molecule has 0 aromatic heterocycles. The van der Waals surface area contributed by atoms with E-state index >= 15 is 0 Å². The van der Waals surface area contributed by atoms with Crippen molar-refractivity contribution in [2.75, 3.05) is 11.9 Å². The van der Waals surface area contributed by atoms with Crippen molar-refractivity contribution in [3.8, 4) is 0 Å². The number of para-hydroxylation sites is 1. The van der Waals surface area contributed by atoms with Crippen LogP contribution in [0, 0.1) is 22.7 Å². The van der Waals surface area contributed by atoms with Crippen LogP contribution in [0.3, 0.4) is 0 Å². The Labute approximate surface area is 349 Å². The largest absolute Gasteiger partial charge is 0.378 e. The van der Waals surface area contributed by atoms with Gasteiger partial charge in [0.15, 0.2) is 0 Å². The van der Waals surface area contributed by atoms with E-state index in [1.807, 2.05) is 30.3 Å². The first kappa shape index (κ1) is 37.1. The monoisotopic (exact) mass is 768 g/mol. The zero-order valence-electron chi connectivity index (χ0n) is 34.2. The maximum Gasteiger partial charge on any atom is 0.144 e. The molecule has 1 fully saturated rings. The van der Waals surface area contributed by atoms with E-state index in [9.17, 15) is 5.41 Å². The van der Waals surface area contributed by atoms with E-state index in [0.717, 1.165) is 18.5 Å². The molecule has 1 aliphatic heterocycles. The number of benzene rings is 6. The molecule has 0 saturated carbocycles. The number of hydrazine groups is 1. The lowest BCUT2D eigenvalue weighted by Gasteiger charge is -2.52. The zero-order chi connectivity index (χ0) is 40.1. The summed E-state index contributed by atoms with van der Waals surface area (Å²) >= 11 is 0. The summed E-state index contributed by atoms with van der Waals surface area (Å²) in [5.74, 6) is 1.52. The molecule has 0 spiro atoms. The molecule has 1 heterocycles. The minimum Gasteiger partial charge on any atom is -0.378 e. The molecule has 59 heavy (non-hydrogen) atoms. The Balaban J connectivity index is 0.981. The molecule has 1 saturated heterocycles. The van der Waals surface area contributed by atoms with Gasteiger partial charge in [-0.3, -0.25) is 10.4 Å². The van der Waals surface area contributed by atoms with Gasteiger partial charge < -0.3 is 5.32 Å². The van der Waals surface area contributed by atoms with Crippen LogP contribution in [-0.4, -0.2) is 28.4 Å². The fourth-order valence-electron chi connectivity index (χ4n) is 11.3. The van der Waals surface area contributed by atoms with E-state index in [1.54, 1.807) is 0 Å². The summed E-state index contributed by atoms with van der Waals surface area (Å²) in [5.41, 5.74) is 12.4. The fraction of sp³-hybridized carbons (Fsp3) is 0.218. The molecule has 0 amide bonds. The van der Waals surface area contributed by atoms with Crippen LogP contribution in [0.1, 0.15) is 78.2 Å². The summed E-state index contributed by atoms with van der Waals surface area (Å²) in [6.45, 7) is 8.06. The first-order valence-corrected chi connectivity index (χ1v) is 21.3. The average Bonchev–Trinajstić information content (AvgIpc) is 3.93. The highest BCUT2D eigenvalue weighted by atomic mass is 15.9. The Morgan fingerprint density at radius 3 is 1.97 bits per heavy atom. The second-order valence-corrected chi connectivity index (χ2v) is 17.3. The summed E-state index contributed by atoms with van der Waals surface area (Å²) in [6.07, 6.45) is 10.6. The standard InChI is InChI=1S/C55H52N4/c1-38-32-33-40(37-58-53(42-22-10-5-11-23-42)59(58)52(56)41-20-8-4-9-21-41)35-50(38)57-49-31-19-17-28-46(49)43-34-39(2)51-47-29-16-18-30-48(47)55(54(51,3)36-43,44-24-12-6-13-25-44)45-26-14-7-15-27-45/h4-35,38-39,50-51,53,56-57H,36-37H2,1-3H3/t38?,39?,50?,51?,53?,54-,58?,59?/m1/s1. The molecule has 3 aliphatic carbocycles. The fourth-order valence-corrected chi connectivity index (χ4v) is 11.3. The summed E-state index contributed by atoms with van der Waals surface area (Å²) in [7, 11) is 0. The van der Waals surface area contributed by atoms with Gasteiger partial charge >= 0.3 is 0 Å². The van der Waals surface area contributed by atoms with Gasteiger partial charge in [0.2, 0.25) is 0 Å². The van der Waals surface area contributed by atoms with Crippen LogP contribution in [0.25, 0.3) is 5.57 Å². The van der Waals surface area contributed by atoms with Crippen molar-refractivity contribution in [1.82, 2.24) is 10.0 Å². The van der Waals surface area contributed by atoms with Crippen LogP contribution in [0.2, 0.25) is 0 Å². The molecule has 6 aromatic carbocycles. The van der Waals surface area contributed by atoms with E-state index in [-0.39, 0.29) is 23.0 Å². The van der Waals surface area contributed by atoms with Gasteiger partial charge in [-0.15, -0.1) is 0 Å². The number of hydrogen-bond donors (Lipinski definition) is 2. The smallest absolute Gasteiger partial charge is 0.144 e. The van der Waals surface area contributed by atoms with Crippen LogP contribution in [0.4, 0.5) is 5.69 Å². The molecule has 7 atom stereocenters. The highest BCUT2D eigenvalue weighted by Crippen LogP contribution is 2.70. The second kappa shape index (κ2) is 14.9. The molecule has 0 radical (unpaired) electrons. The van der Waals surface area contributed by atoms with Crippen LogP contribution < -0.4 is 5.32 Å². The number of fused-ring (bicyclic) bond motifs is 3. The lowest BCUT2D eigenvalue weighted by Crippen LogP contribution is -2.47. The molecular formula is C55H52N4. The first-order chi connectivity index (χ1) is 28.9. The minimum absolute atomic E-state index is 0.0238. The van der Waals surface area contributed by atoms with Crippen LogP contribution in [-0.2, 0) is 5.41 Å². The van der Waals surface area contributed by atoms with Crippen molar-refractivity contribution < 1.29 is 0 Å². The molecule has 0 bridgehead atoms. The summed E-state index contributed by atoms with van der Waals surface area (Å²) in [5, 5.41) is 17.7. The van der Waals surface area contributed by atoms with Gasteiger partial charge in [-0.2, -0.15) is 5.01 Å². The quantitative estimate of drug-likeness (QED) is 0.0874. The van der Waals surface area contributed by atoms with Crippen molar-refractivity contribution >= 4 is 17.1 Å². The van der Waals surface area contributed by atoms with Crippen LogP contribution in [0.15, 0.2) is 200 Å². The Morgan fingerprint density at radius 2 is 1.27 bits per heavy atom. The van der Waals surface area contributed by atoms with E-state index in [2.05, 4.69) is 200 Å². The van der Waals surface area contributed by atoms with Crippen LogP contribution in [0.5, 0.6) is 0 Å². The molecule has 10 rings (SSSR count). The van der Waals surface area contributed by atoms with Gasteiger partial charge in [0, 0.05) is 23.4 Å². The molecule has 292 valence electrons. The predicted molar refractivity (Wildman–Crippen MR) is 243 cm³/mol. The van der Waals surface area contributed by atoms with E-state index in [1.165, 1.54) is 50.2 Å². The van der Waals surface area contributed by atoms with Crippen molar-refractivity contribution in [1.29, 1.82) is 5.41 Å². The van der Waals surface area contributed by atoms with Crippen molar-refractivity contribution in [3.05, 3.63) is 239 Å². The number of rotatable bonds is 9. The Morgan fingerprint density at radius 1 is 0.678 bits per heavy atom. The summed E-state index contributed by atoms with van der Waals surface area (Å²) in [4.78, 5) is 0. The molecule has 4 heteroatoms. The second-order valence-electron chi connectivity index (χ2n) is 17.3. The third-order valence-electron chi connectivity index (χ3n) is 13.8. The third kappa shape index (κ3) is 6.12. The maximum atomic E-state index is 9.18. The summed E-state index contributed by atoms with van der Waals surface area (Å²) < 4.78 is 0. The molecule has 6 unspecified atom stereocenters. The zero-order valence-corrected chi connectivity index (χ0v) is 34.2. The molecule has 4 aliphatic rings. The third-order valence-corrected chi connectivity index (χ3v) is 13.8. The Kier molecular flexibility index (Phi) is 9.33. The van der Waals surface area contributed by atoms with Crippen LogP contribution >= 0.6 is 0 Å². The summed E-state index contributed by atoms with van der Waals surface area (Å²) in [6, 6.07) is 61.7. The normalized spacial score (nSPS) is 26.3. The predicted octanol–water partition coefficient (Wildman–Crippen LogP) is 12.4. The number of nitrogens with zero attached hydrogens (tertiary/aromatic N) is 2. The number of nitrogens with one attached hydrogen (secondary N) is 2. The number of hydrogen-bond acceptors (Lipinski definition) is 3. The van der Waals surface area contributed by atoms with Gasteiger partial charge in [-0.25, -0.2) is 0 Å². The average molecular weight is 769 g/mol. The lowest BCUT2D eigenvalue weighted by atomic mass is 9.50. The van der Waals surface area contributed by atoms with Gasteiger partial charge in [0.25, 0.3) is 0 Å². The van der Waals surface area contributed by atoms with Crippen molar-refractivity contribution in [2.45, 2.75) is 50.7 Å². The van der Waals surface area contributed by atoms with Gasteiger partial charge in [0.1, 0.15) is 12.0 Å². The van der Waals surface area contributed by atoms with E-state index in [4.69, 9.17) is 0 Å². The Bertz CT molecular complexity index is 2540. The topological polar surface area (TPSA) is 41.9 Å². The first-order valence-electron chi connectivity index (χ1n) is 21.3. The number of allylic oxidation sites excluding steroid dienone is 2. The van der Waals surface area contributed by atoms with E-state index < -0.39 is 0 Å². The minimum atomic E-state index is -0.326. The Hall–Kier alpha value is -6.23. The highest BCUT2D eigenvalue weighted by molar-refractivity contribution is 5.97. The van der Waals surface area contributed by atoms with Gasteiger partial charge in [-0.05, 0) is 74.6 Å². The van der Waals surface area contributed by atoms with E-state index in [0.29, 0.717) is 23.6 Å². The van der Waals surface area contributed by atoms with Crippen molar-refractivity contribution in [3.63, 3.8) is 0 Å². The molecule has 4 nitrogen and oxygen atoms in total. The lowest BCUT2D eigenvalue weighted by molar-refractivity contribution is 0.161. The number of anilines is 1. The molecule has 6 aromatic rings. The molecule has 2 N–H and O–H groups in total. The number of amidine groups is 1. The van der Waals surface area contributed by atoms with Gasteiger partial charge in [-0.1, -0.05) is 209 Å². The van der Waals surface area contributed by atoms with Gasteiger partial charge in [0.05, 0.1) is 11.5 Å². The molecular weight excluding hydrogens is 717 g/mol. The van der Waals surface area contributed by atoms with Crippen molar-refractivity contribution in [2.24, 2.45) is 17.3 Å². The highest BCUT2D eigenvalue weighted by Gasteiger charge is 2.63. The maximum absolute atomic E-state index is 9.18. The SMILES string of the molecule is CC1C=CC(CN2C(c3ccccc3)N2C(=N)c2ccccc2)=CC1Nc1ccccc1C1=CC(C)C2c3ccccc3C(c3ccccc3)(c3ccccc3)[C@]2(C)C1.